The second-order valence-corrected chi connectivity index (χ2v) is 13.5. The maximum absolute atomic E-state index is 15.7. The summed E-state index contributed by atoms with van der Waals surface area (Å²) in [4.78, 5) is 53.4. The Labute approximate surface area is 320 Å². The molecule has 8 rings (SSSR count). The van der Waals surface area contributed by atoms with Crippen LogP contribution >= 0.6 is 12.2 Å². The Morgan fingerprint density at radius 1 is 0.768 bits per heavy atom. The fourth-order valence-corrected chi connectivity index (χ4v) is 7.36. The van der Waals surface area contributed by atoms with Crippen molar-refractivity contribution in [3.05, 3.63) is 140 Å². The second-order valence-electron chi connectivity index (χ2n) is 13.1. The first kappa shape index (κ1) is 35.9. The third-order valence-corrected chi connectivity index (χ3v) is 10.1. The van der Waals surface area contributed by atoms with Crippen LogP contribution in [0.4, 0.5) is 20.2 Å². The number of nitrogens with zero attached hydrogens (tertiary/aromatic N) is 3. The summed E-state index contributed by atoms with van der Waals surface area (Å²) in [6.45, 7) is 1.29. The minimum Gasteiger partial charge on any atom is -0.508 e. The zero-order valence-electron chi connectivity index (χ0n) is 29.0. The van der Waals surface area contributed by atoms with Crippen molar-refractivity contribution < 1.29 is 38.1 Å². The van der Waals surface area contributed by atoms with Gasteiger partial charge in [0.25, 0.3) is 0 Å². The highest BCUT2D eigenvalue weighted by atomic mass is 32.1. The summed E-state index contributed by atoms with van der Waals surface area (Å²) in [7, 11) is 0. The number of rotatable bonds is 6. The lowest BCUT2D eigenvalue weighted by atomic mass is 9.90. The van der Waals surface area contributed by atoms with Gasteiger partial charge in [-0.25, -0.2) is 18.4 Å². The number of halogens is 2. The smallest absolute Gasteiger partial charge is 0.341 e. The van der Waals surface area contributed by atoms with E-state index in [1.165, 1.54) is 65.2 Å². The number of carbonyl (C=O) groups is 2. The molecule has 280 valence electrons. The molecule has 1 fully saturated rings. The highest BCUT2D eigenvalue weighted by Crippen LogP contribution is 2.42. The van der Waals surface area contributed by atoms with Crippen molar-refractivity contribution in [3.8, 4) is 33.9 Å². The van der Waals surface area contributed by atoms with E-state index in [0.29, 0.717) is 64.7 Å². The number of benzene rings is 5. The van der Waals surface area contributed by atoms with Crippen LogP contribution in [-0.2, 0) is 0 Å². The first-order valence-electron chi connectivity index (χ1n) is 17.1. The van der Waals surface area contributed by atoms with Crippen LogP contribution in [0.25, 0.3) is 50.0 Å². The number of piperazine rings is 1. The van der Waals surface area contributed by atoms with E-state index in [-0.39, 0.29) is 44.7 Å². The molecule has 0 saturated carbocycles. The van der Waals surface area contributed by atoms with E-state index in [0.717, 1.165) is 12.3 Å². The summed E-state index contributed by atoms with van der Waals surface area (Å²) in [5.74, 6) is -3.78. The number of phenols is 1. The quantitative estimate of drug-likeness (QED) is 0.104. The number of hydrogen-bond donors (Lipinski definition) is 4. The fourth-order valence-electron chi connectivity index (χ4n) is 7.06. The van der Waals surface area contributed by atoms with E-state index in [4.69, 9.17) is 16.6 Å². The van der Waals surface area contributed by atoms with E-state index in [1.807, 2.05) is 4.90 Å². The van der Waals surface area contributed by atoms with Crippen molar-refractivity contribution >= 4 is 62.5 Å². The fraction of sp³-hybridized carbons (Fsp3) is 0.0976. The van der Waals surface area contributed by atoms with Crippen LogP contribution in [0, 0.1) is 11.6 Å². The maximum atomic E-state index is 15.7. The number of nitrogens with one attached hydrogen (secondary N) is 1. The largest absolute Gasteiger partial charge is 0.508 e. The van der Waals surface area contributed by atoms with Gasteiger partial charge >= 0.3 is 11.9 Å². The molecule has 1 aliphatic carbocycles. The molecule has 0 amide bonds. The summed E-state index contributed by atoms with van der Waals surface area (Å²) in [6.07, 6.45) is 1.14. The SMILES string of the molecule is O=C(O)c1cc(NC(=S)N2CCN(c3cc4c(cc3F)c(=O)c(C(=O)O)cn4-c3ccc(F)cc3)CC2)ccc1-c1c2ccc(=O)cc-2oc2cc(O)ccc12. The second kappa shape index (κ2) is 13.9. The van der Waals surface area contributed by atoms with Gasteiger partial charge in [0.2, 0.25) is 5.43 Å². The van der Waals surface area contributed by atoms with Gasteiger partial charge in [-0.05, 0) is 90.6 Å². The number of anilines is 2. The molecule has 0 unspecified atom stereocenters. The van der Waals surface area contributed by atoms with Crippen molar-refractivity contribution in [2.75, 3.05) is 36.4 Å². The molecule has 1 aromatic heterocycles. The Bertz CT molecular complexity index is 2870. The van der Waals surface area contributed by atoms with E-state index in [2.05, 4.69) is 5.32 Å². The summed E-state index contributed by atoms with van der Waals surface area (Å²) in [5.41, 5.74) is 1.02. The molecule has 3 heterocycles. The molecule has 2 aliphatic heterocycles. The van der Waals surface area contributed by atoms with Crippen LogP contribution in [0.1, 0.15) is 20.7 Å². The van der Waals surface area contributed by atoms with Crippen LogP contribution in [0.15, 0.2) is 111 Å². The number of aromatic nitrogens is 1. The van der Waals surface area contributed by atoms with Crippen LogP contribution in [0.3, 0.4) is 0 Å². The first-order chi connectivity index (χ1) is 26.9. The number of phenolic OH excluding ortho intramolecular Hbond substituents is 1. The molecular weight excluding hydrogens is 747 g/mol. The molecule has 0 atom stereocenters. The number of hydrogen-bond acceptors (Lipinski definition) is 8. The lowest BCUT2D eigenvalue weighted by molar-refractivity contribution is 0.0685. The molecule has 4 N–H and O–H groups in total. The molecule has 56 heavy (non-hydrogen) atoms. The Morgan fingerprint density at radius 2 is 1.48 bits per heavy atom. The highest BCUT2D eigenvalue weighted by molar-refractivity contribution is 7.80. The molecule has 4 aromatic carbocycles. The Morgan fingerprint density at radius 3 is 2.20 bits per heavy atom. The normalized spacial score (nSPS) is 13.0. The van der Waals surface area contributed by atoms with Crippen molar-refractivity contribution in [2.45, 2.75) is 0 Å². The molecule has 0 radical (unpaired) electrons. The predicted octanol–water partition coefficient (Wildman–Crippen LogP) is 6.77. The standard InChI is InChI=1S/C41H28F2N4O8S/c42-21-1-4-23(5-2-21)47-20-31(40(53)54)38(50)30-18-32(43)34(19-33(30)47)45-11-13-46(14-12-45)41(56)44-22-3-8-26(29(15-22)39(51)52)37-27-9-6-24(48)16-35(27)55-36-17-25(49)7-10-28(36)37/h1-10,15-20,48H,11-14H2,(H,44,56)(H,51,52)(H,53,54). The average Bonchev–Trinajstić information content (AvgIpc) is 3.17. The first-order valence-corrected chi connectivity index (χ1v) is 17.5. The summed E-state index contributed by atoms with van der Waals surface area (Å²) in [6, 6.07) is 21.2. The van der Waals surface area contributed by atoms with Crippen molar-refractivity contribution in [2.24, 2.45) is 0 Å². The number of aromatic hydroxyl groups is 1. The Kier molecular flexibility index (Phi) is 8.93. The van der Waals surface area contributed by atoms with Crippen molar-refractivity contribution in [3.63, 3.8) is 0 Å². The maximum Gasteiger partial charge on any atom is 0.341 e. The number of fused-ring (bicyclic) bond motifs is 3. The van der Waals surface area contributed by atoms with Gasteiger partial charge in [0.1, 0.15) is 34.3 Å². The minimum absolute atomic E-state index is 0.0583. The number of carboxylic acid groups (broad SMARTS) is 2. The van der Waals surface area contributed by atoms with Crippen LogP contribution in [0.5, 0.6) is 5.75 Å². The van der Waals surface area contributed by atoms with Crippen LogP contribution in [-0.4, -0.2) is 68.0 Å². The Balaban J connectivity index is 1.05. The van der Waals surface area contributed by atoms with Gasteiger partial charge in [0, 0.05) is 77.8 Å². The molecule has 12 nitrogen and oxygen atoms in total. The lowest BCUT2D eigenvalue weighted by Crippen LogP contribution is -2.50. The van der Waals surface area contributed by atoms with Gasteiger partial charge in [-0.2, -0.15) is 0 Å². The molecule has 0 bridgehead atoms. The van der Waals surface area contributed by atoms with E-state index in [9.17, 15) is 38.9 Å². The van der Waals surface area contributed by atoms with Crippen LogP contribution in [0.2, 0.25) is 0 Å². The minimum atomic E-state index is -1.48. The van der Waals surface area contributed by atoms with Gasteiger partial charge in [-0.3, -0.25) is 9.59 Å². The summed E-state index contributed by atoms with van der Waals surface area (Å²) >= 11 is 5.71. The number of pyridine rings is 1. The van der Waals surface area contributed by atoms with Gasteiger partial charge in [-0.1, -0.05) is 6.07 Å². The zero-order chi connectivity index (χ0) is 39.4. The number of carboxylic acids is 2. The molecule has 5 aromatic rings. The van der Waals surface area contributed by atoms with Gasteiger partial charge in [0.15, 0.2) is 10.5 Å². The number of thiocarbonyl (C=S) groups is 1. The van der Waals surface area contributed by atoms with Gasteiger partial charge < -0.3 is 39.4 Å². The summed E-state index contributed by atoms with van der Waals surface area (Å²) in [5, 5.41) is 33.9. The van der Waals surface area contributed by atoms with Crippen molar-refractivity contribution in [1.29, 1.82) is 0 Å². The third kappa shape index (κ3) is 6.43. The van der Waals surface area contributed by atoms with E-state index < -0.39 is 34.6 Å². The Hall–Kier alpha value is -7.13. The monoisotopic (exact) mass is 774 g/mol. The topological polar surface area (TPSA) is 166 Å². The summed E-state index contributed by atoms with van der Waals surface area (Å²) < 4.78 is 36.8. The van der Waals surface area contributed by atoms with Gasteiger partial charge in [-0.15, -0.1) is 0 Å². The van der Waals surface area contributed by atoms with Gasteiger partial charge in [0.05, 0.1) is 16.8 Å². The van der Waals surface area contributed by atoms with E-state index >= 15 is 4.39 Å². The number of aromatic carboxylic acids is 2. The lowest BCUT2D eigenvalue weighted by Gasteiger charge is -2.37. The van der Waals surface area contributed by atoms with Crippen molar-refractivity contribution in [1.82, 2.24) is 9.47 Å². The molecule has 3 aliphatic rings. The molecular formula is C41H28F2N4O8S. The van der Waals surface area contributed by atoms with E-state index in [1.54, 1.807) is 29.2 Å². The van der Waals surface area contributed by atoms with Crippen LogP contribution < -0.4 is 21.1 Å². The molecule has 15 heteroatoms. The zero-order valence-corrected chi connectivity index (χ0v) is 29.8. The molecule has 0 spiro atoms. The average molecular weight is 775 g/mol. The highest BCUT2D eigenvalue weighted by Gasteiger charge is 2.26. The predicted molar refractivity (Wildman–Crippen MR) is 210 cm³/mol. The third-order valence-electron chi connectivity index (χ3n) is 9.76. The molecule has 1 saturated heterocycles.